The zero-order chi connectivity index (χ0) is 21.2. The smallest absolute Gasteiger partial charge is 0.244 e. The molecular formula is C22H37N3O4. The molecule has 0 unspecified atom stereocenters. The monoisotopic (exact) mass is 407 g/mol. The topological polar surface area (TPSA) is 92.7 Å². The van der Waals surface area contributed by atoms with Gasteiger partial charge in [0.25, 0.3) is 0 Å². The summed E-state index contributed by atoms with van der Waals surface area (Å²) in [5, 5.41) is 2.98. The van der Waals surface area contributed by atoms with E-state index in [9.17, 15) is 4.79 Å². The van der Waals surface area contributed by atoms with Crippen molar-refractivity contribution in [3.8, 4) is 0 Å². The van der Waals surface area contributed by atoms with Gasteiger partial charge >= 0.3 is 0 Å². The molecule has 1 spiro atoms. The summed E-state index contributed by atoms with van der Waals surface area (Å²) in [5.41, 5.74) is 7.88. The fourth-order valence-electron chi connectivity index (χ4n) is 4.54. The first kappa shape index (κ1) is 22.4. The van der Waals surface area contributed by atoms with Crippen LogP contribution in [0, 0.1) is 5.92 Å². The summed E-state index contributed by atoms with van der Waals surface area (Å²) in [5.74, 6) is -0.187. The quantitative estimate of drug-likeness (QED) is 0.261. The first-order chi connectivity index (χ1) is 13.7. The average molecular weight is 408 g/mol. The second-order valence-corrected chi connectivity index (χ2v) is 9.13. The number of epoxide rings is 2. The van der Waals surface area contributed by atoms with Gasteiger partial charge < -0.3 is 30.2 Å². The van der Waals surface area contributed by atoms with Crippen LogP contribution in [0.2, 0.25) is 0 Å². The summed E-state index contributed by atoms with van der Waals surface area (Å²) < 4.78 is 17.8. The number of amides is 1. The summed E-state index contributed by atoms with van der Waals surface area (Å²) in [6, 6.07) is 0. The van der Waals surface area contributed by atoms with Gasteiger partial charge in [-0.05, 0) is 65.7 Å². The average Bonchev–Trinajstić information content (AvgIpc) is 3.56. The van der Waals surface area contributed by atoms with Gasteiger partial charge in [0.15, 0.2) is 5.72 Å². The highest BCUT2D eigenvalue weighted by atomic mass is 16.6. The minimum atomic E-state index is -0.773. The molecule has 164 valence electrons. The fourth-order valence-corrected chi connectivity index (χ4v) is 4.54. The first-order valence-electron chi connectivity index (χ1n) is 10.6. The number of nitrogens with zero attached hydrogens (tertiary/aromatic N) is 1. The molecule has 3 fully saturated rings. The highest BCUT2D eigenvalue weighted by molar-refractivity contribution is 5.88. The van der Waals surface area contributed by atoms with E-state index < -0.39 is 5.72 Å². The molecule has 1 saturated carbocycles. The summed E-state index contributed by atoms with van der Waals surface area (Å²) in [7, 11) is 5.73. The standard InChI is InChI=1S/C22H37N3O4/c1-15(2)7-8-17-22(23,29-17)20-19(27-5)16(9-10-21(20)14-28-21)13-18(26)24-11-6-12-25(3)4/h7,13,17,19-20H,6,8-12,14,23H2,1-5H3,(H,24,26)/b16-13-/t17-,19-,20+,21+,22+/m1/s1. The molecule has 7 nitrogen and oxygen atoms in total. The number of hydrogen-bond acceptors (Lipinski definition) is 6. The van der Waals surface area contributed by atoms with Crippen molar-refractivity contribution in [2.45, 2.75) is 63.1 Å². The molecule has 0 aromatic heterocycles. The third kappa shape index (κ3) is 5.09. The first-order valence-corrected chi connectivity index (χ1v) is 10.6. The van der Waals surface area contributed by atoms with Crippen LogP contribution in [0.3, 0.4) is 0 Å². The number of hydrogen-bond donors (Lipinski definition) is 2. The number of ether oxygens (including phenoxy) is 3. The lowest BCUT2D eigenvalue weighted by atomic mass is 9.70. The molecule has 2 aliphatic heterocycles. The minimum absolute atomic E-state index is 0.0414. The largest absolute Gasteiger partial charge is 0.377 e. The van der Waals surface area contributed by atoms with Crippen molar-refractivity contribution in [3.05, 3.63) is 23.3 Å². The van der Waals surface area contributed by atoms with Crippen LogP contribution in [0.4, 0.5) is 0 Å². The van der Waals surface area contributed by atoms with Crippen molar-refractivity contribution in [1.82, 2.24) is 10.2 Å². The Morgan fingerprint density at radius 1 is 1.41 bits per heavy atom. The predicted octanol–water partition coefficient (Wildman–Crippen LogP) is 1.58. The van der Waals surface area contributed by atoms with Gasteiger partial charge in [0.1, 0.15) is 11.7 Å². The Bertz CT molecular complexity index is 667. The van der Waals surface area contributed by atoms with E-state index in [1.807, 2.05) is 14.1 Å². The molecule has 3 N–H and O–H groups in total. The van der Waals surface area contributed by atoms with Crippen molar-refractivity contribution < 1.29 is 19.0 Å². The minimum Gasteiger partial charge on any atom is -0.377 e. The Balaban J connectivity index is 1.68. The molecule has 0 radical (unpaired) electrons. The molecule has 7 heteroatoms. The summed E-state index contributed by atoms with van der Waals surface area (Å²) in [4.78, 5) is 14.6. The van der Waals surface area contributed by atoms with Crippen molar-refractivity contribution in [2.75, 3.05) is 40.9 Å². The molecule has 0 aromatic carbocycles. The van der Waals surface area contributed by atoms with Gasteiger partial charge in [-0.25, -0.2) is 0 Å². The third-order valence-electron chi connectivity index (χ3n) is 6.26. The zero-order valence-corrected chi connectivity index (χ0v) is 18.5. The van der Waals surface area contributed by atoms with E-state index in [2.05, 4.69) is 30.1 Å². The SMILES string of the molecule is CO[C@@H]1/C(=C\C(=O)NCCCN(C)C)CC[C@]2(CO2)[C@H]1[C@@]1(N)O[C@@H]1CC=C(C)C. The zero-order valence-electron chi connectivity index (χ0n) is 18.5. The van der Waals surface area contributed by atoms with E-state index >= 15 is 0 Å². The van der Waals surface area contributed by atoms with E-state index in [0.29, 0.717) is 13.2 Å². The number of methoxy groups -OCH3 is 1. The Labute approximate surface area is 174 Å². The summed E-state index contributed by atoms with van der Waals surface area (Å²) >= 11 is 0. The van der Waals surface area contributed by atoms with Crippen LogP contribution in [0.5, 0.6) is 0 Å². The van der Waals surface area contributed by atoms with E-state index in [0.717, 1.165) is 37.8 Å². The van der Waals surface area contributed by atoms with Crippen molar-refractivity contribution in [2.24, 2.45) is 11.7 Å². The number of carbonyl (C=O) groups excluding carboxylic acids is 1. The van der Waals surface area contributed by atoms with Crippen molar-refractivity contribution >= 4 is 5.91 Å². The number of allylic oxidation sites excluding steroid dienone is 1. The van der Waals surface area contributed by atoms with Gasteiger partial charge in [0.05, 0.1) is 18.6 Å². The third-order valence-corrected chi connectivity index (χ3v) is 6.26. The predicted molar refractivity (Wildman–Crippen MR) is 112 cm³/mol. The van der Waals surface area contributed by atoms with Gasteiger partial charge in [-0.15, -0.1) is 0 Å². The van der Waals surface area contributed by atoms with E-state index in [1.165, 1.54) is 5.57 Å². The molecule has 29 heavy (non-hydrogen) atoms. The Morgan fingerprint density at radius 3 is 2.72 bits per heavy atom. The molecule has 3 aliphatic rings. The molecule has 2 heterocycles. The van der Waals surface area contributed by atoms with Crippen molar-refractivity contribution in [3.63, 3.8) is 0 Å². The van der Waals surface area contributed by atoms with Crippen LogP contribution in [0.15, 0.2) is 23.3 Å². The number of carbonyl (C=O) groups is 1. The number of nitrogens with one attached hydrogen (secondary N) is 1. The van der Waals surface area contributed by atoms with E-state index in [4.69, 9.17) is 19.9 Å². The molecule has 5 atom stereocenters. The van der Waals surface area contributed by atoms with Crippen LogP contribution < -0.4 is 11.1 Å². The van der Waals surface area contributed by atoms with Crippen LogP contribution in [0.25, 0.3) is 0 Å². The van der Waals surface area contributed by atoms with Crippen LogP contribution >= 0.6 is 0 Å². The van der Waals surface area contributed by atoms with Gasteiger partial charge in [0, 0.05) is 19.7 Å². The second kappa shape index (κ2) is 8.86. The molecule has 0 bridgehead atoms. The van der Waals surface area contributed by atoms with Gasteiger partial charge in [-0.1, -0.05) is 11.6 Å². The summed E-state index contributed by atoms with van der Waals surface area (Å²) in [6.07, 6.45) is 6.85. The highest BCUT2D eigenvalue weighted by Gasteiger charge is 2.72. The molecular weight excluding hydrogens is 370 g/mol. The van der Waals surface area contributed by atoms with Gasteiger partial charge in [-0.2, -0.15) is 0 Å². The van der Waals surface area contributed by atoms with E-state index in [1.54, 1.807) is 13.2 Å². The number of rotatable bonds is 9. The fraction of sp³-hybridized carbons (Fsp3) is 0.773. The Morgan fingerprint density at radius 2 is 2.14 bits per heavy atom. The maximum Gasteiger partial charge on any atom is 0.244 e. The molecule has 1 amide bonds. The maximum absolute atomic E-state index is 12.5. The maximum atomic E-state index is 12.5. The lowest BCUT2D eigenvalue weighted by Crippen LogP contribution is -2.55. The lowest BCUT2D eigenvalue weighted by Gasteiger charge is -2.39. The van der Waals surface area contributed by atoms with E-state index in [-0.39, 0.29) is 29.6 Å². The highest BCUT2D eigenvalue weighted by Crippen LogP contribution is 2.58. The normalized spacial score (nSPS) is 37.1. The Kier molecular flexibility index (Phi) is 6.85. The molecule has 1 aliphatic carbocycles. The lowest BCUT2D eigenvalue weighted by molar-refractivity contribution is -0.116. The van der Waals surface area contributed by atoms with Crippen molar-refractivity contribution in [1.29, 1.82) is 0 Å². The van der Waals surface area contributed by atoms with Crippen LogP contribution in [-0.2, 0) is 19.0 Å². The molecule has 3 rings (SSSR count). The van der Waals surface area contributed by atoms with Crippen LogP contribution in [-0.4, -0.2) is 75.2 Å². The second-order valence-electron chi connectivity index (χ2n) is 9.13. The van der Waals surface area contributed by atoms with Crippen LogP contribution in [0.1, 0.15) is 39.5 Å². The van der Waals surface area contributed by atoms with Gasteiger partial charge in [-0.3, -0.25) is 4.79 Å². The molecule has 0 aromatic rings. The molecule has 2 saturated heterocycles. The van der Waals surface area contributed by atoms with Gasteiger partial charge in [0.2, 0.25) is 5.91 Å². The number of nitrogens with two attached hydrogens (primary N) is 1. The summed E-state index contributed by atoms with van der Waals surface area (Å²) in [6.45, 7) is 6.42. The Hall–Kier alpha value is -1.25.